The van der Waals surface area contributed by atoms with E-state index in [9.17, 15) is 19.5 Å². The highest BCUT2D eigenvalue weighted by atomic mass is 32.2. The molecule has 4 aliphatic carbocycles. The highest BCUT2D eigenvalue weighted by molar-refractivity contribution is 7.99. The number of esters is 1. The Hall–Kier alpha value is -3.49. The Labute approximate surface area is 261 Å². The lowest BCUT2D eigenvalue weighted by atomic mass is 9.46. The number of benzene rings is 1. The van der Waals surface area contributed by atoms with E-state index in [0.717, 1.165) is 34.3 Å². The van der Waals surface area contributed by atoms with Crippen molar-refractivity contribution in [3.05, 3.63) is 84.4 Å². The number of ether oxygens (including phenoxy) is 1. The molecule has 1 N–H and O–H groups in total. The van der Waals surface area contributed by atoms with Crippen molar-refractivity contribution in [1.29, 1.82) is 0 Å². The van der Waals surface area contributed by atoms with Crippen molar-refractivity contribution in [3.8, 4) is 0 Å². The molecule has 0 radical (unpaired) electrons. The van der Waals surface area contributed by atoms with E-state index in [4.69, 9.17) is 14.1 Å². The molecular weight excluding hydrogens is 574 g/mol. The van der Waals surface area contributed by atoms with Gasteiger partial charge in [-0.25, -0.2) is 9.78 Å². The molecule has 228 valence electrons. The van der Waals surface area contributed by atoms with Crippen LogP contribution in [-0.2, 0) is 14.3 Å². The first-order valence-corrected chi connectivity index (χ1v) is 16.5. The van der Waals surface area contributed by atoms with Crippen molar-refractivity contribution < 1.29 is 28.6 Å². The maximum absolute atomic E-state index is 14.7. The molecule has 4 aliphatic rings. The van der Waals surface area contributed by atoms with Crippen LogP contribution in [0.3, 0.4) is 0 Å². The van der Waals surface area contributed by atoms with Crippen LogP contribution in [0.1, 0.15) is 57.0 Å². The lowest BCUT2D eigenvalue weighted by Crippen LogP contribution is -2.64. The number of hydrogen-bond acceptors (Lipinski definition) is 8. The second-order valence-corrected chi connectivity index (χ2v) is 14.5. The van der Waals surface area contributed by atoms with E-state index in [2.05, 4.69) is 6.92 Å². The van der Waals surface area contributed by atoms with Gasteiger partial charge in [0.1, 0.15) is 0 Å². The summed E-state index contributed by atoms with van der Waals surface area (Å²) in [5.41, 5.74) is -0.782. The Morgan fingerprint density at radius 2 is 1.95 bits per heavy atom. The van der Waals surface area contributed by atoms with Crippen LogP contribution in [-0.4, -0.2) is 45.1 Å². The zero-order chi connectivity index (χ0) is 30.9. The summed E-state index contributed by atoms with van der Waals surface area (Å²) in [6.07, 6.45) is 8.59. The second kappa shape index (κ2) is 10.6. The first-order valence-electron chi connectivity index (χ1n) is 15.5. The third kappa shape index (κ3) is 4.28. The summed E-state index contributed by atoms with van der Waals surface area (Å²) in [4.78, 5) is 45.3. The maximum atomic E-state index is 14.7. The predicted molar refractivity (Wildman–Crippen MR) is 167 cm³/mol. The monoisotopic (exact) mass is 611 g/mol. The molecule has 0 aliphatic heterocycles. The van der Waals surface area contributed by atoms with Gasteiger partial charge in [-0.2, -0.15) is 0 Å². The number of allylic oxidation sites excluding steroid dienone is 4. The fourth-order valence-electron chi connectivity index (χ4n) is 9.48. The van der Waals surface area contributed by atoms with Crippen molar-refractivity contribution >= 4 is 40.2 Å². The third-order valence-electron chi connectivity index (χ3n) is 11.4. The van der Waals surface area contributed by atoms with E-state index in [1.54, 1.807) is 24.3 Å². The molecule has 3 saturated carbocycles. The Balaban J connectivity index is 1.25. The molecule has 0 spiro atoms. The van der Waals surface area contributed by atoms with Gasteiger partial charge in [0.15, 0.2) is 17.2 Å². The fourth-order valence-corrected chi connectivity index (χ4v) is 10.3. The number of Topliss-reactive ketones (excluding diaryl/α,β-unsaturated/α-hetero) is 1. The van der Waals surface area contributed by atoms with Crippen LogP contribution in [0, 0.1) is 34.5 Å². The molecule has 44 heavy (non-hydrogen) atoms. The van der Waals surface area contributed by atoms with Crippen molar-refractivity contribution in [1.82, 2.24) is 4.98 Å². The Morgan fingerprint density at radius 3 is 2.75 bits per heavy atom. The van der Waals surface area contributed by atoms with Gasteiger partial charge in [-0.15, -0.1) is 0 Å². The van der Waals surface area contributed by atoms with E-state index in [1.165, 1.54) is 18.0 Å². The number of rotatable bonds is 6. The van der Waals surface area contributed by atoms with Crippen LogP contribution >= 0.6 is 11.8 Å². The van der Waals surface area contributed by atoms with Crippen LogP contribution in [0.25, 0.3) is 10.9 Å². The van der Waals surface area contributed by atoms with E-state index < -0.39 is 28.5 Å². The lowest BCUT2D eigenvalue weighted by molar-refractivity contribution is -0.181. The van der Waals surface area contributed by atoms with E-state index >= 15 is 0 Å². The number of pyridine rings is 1. The molecule has 3 aromatic rings. The standard InChI is InChI=1S/C36H37NO6S/c1-21-17-26-25-12-11-23-18-24(38)14-15-34(23,2)32(25)28(39)19-35(26,3)36(21,43-33(41)29-9-6-16-42-29)30(40)20-44-31-13-10-22-7-4-5-8-27(22)37-31/h4-10,13-16,18,21,25-26,28,32,39H,11-12,17,19-20H2,1-3H3/t21-,25?,26?,28+,32?,34?,35?,36+/m1/s1. The molecule has 0 bridgehead atoms. The average Bonchev–Trinajstić information content (AvgIpc) is 3.62. The minimum Gasteiger partial charge on any atom is -0.457 e. The van der Waals surface area contributed by atoms with Gasteiger partial charge >= 0.3 is 5.97 Å². The summed E-state index contributed by atoms with van der Waals surface area (Å²) < 4.78 is 11.8. The number of ketones is 2. The highest BCUT2D eigenvalue weighted by Crippen LogP contribution is 2.69. The average molecular weight is 612 g/mol. The molecule has 7 rings (SSSR count). The van der Waals surface area contributed by atoms with Gasteiger partial charge in [0.05, 0.1) is 28.7 Å². The van der Waals surface area contributed by atoms with Crippen LogP contribution in [0.4, 0.5) is 0 Å². The van der Waals surface area contributed by atoms with E-state index in [1.807, 2.05) is 56.3 Å². The smallest absolute Gasteiger partial charge is 0.375 e. The summed E-state index contributed by atoms with van der Waals surface area (Å²) in [6, 6.07) is 14.9. The molecule has 2 heterocycles. The second-order valence-electron chi connectivity index (χ2n) is 13.5. The number of hydrogen-bond donors (Lipinski definition) is 1. The molecule has 0 amide bonds. The first kappa shape index (κ1) is 29.2. The van der Waals surface area contributed by atoms with Gasteiger partial charge in [0.2, 0.25) is 5.76 Å². The summed E-state index contributed by atoms with van der Waals surface area (Å²) in [5, 5.41) is 13.7. The van der Waals surface area contributed by atoms with E-state index in [0.29, 0.717) is 12.8 Å². The van der Waals surface area contributed by atoms with Crippen molar-refractivity contribution in [2.24, 2.45) is 34.5 Å². The molecule has 5 unspecified atom stereocenters. The number of furan rings is 1. The summed E-state index contributed by atoms with van der Waals surface area (Å²) in [5.74, 6) is -0.981. The minimum absolute atomic E-state index is 0.00610. The first-order chi connectivity index (χ1) is 21.1. The number of aromatic nitrogens is 1. The molecule has 2 aromatic heterocycles. The summed E-state index contributed by atoms with van der Waals surface area (Å²) >= 11 is 1.35. The van der Waals surface area contributed by atoms with Crippen LogP contribution in [0.2, 0.25) is 0 Å². The Morgan fingerprint density at radius 1 is 1.14 bits per heavy atom. The number of fused-ring (bicyclic) bond motifs is 6. The predicted octanol–water partition coefficient (Wildman–Crippen LogP) is 6.61. The summed E-state index contributed by atoms with van der Waals surface area (Å²) in [6.45, 7) is 6.18. The molecule has 8 atom stereocenters. The fraction of sp³-hybridized carbons (Fsp3) is 0.444. The van der Waals surface area contributed by atoms with Gasteiger partial charge < -0.3 is 14.3 Å². The van der Waals surface area contributed by atoms with Crippen molar-refractivity contribution in [2.75, 3.05) is 5.75 Å². The molecule has 8 heteroatoms. The Kier molecular flexibility index (Phi) is 7.01. The van der Waals surface area contributed by atoms with Crippen LogP contribution < -0.4 is 0 Å². The number of nitrogens with zero attached hydrogens (tertiary/aromatic N) is 1. The molecule has 1 aromatic carbocycles. The number of carbonyl (C=O) groups excluding carboxylic acids is 3. The van der Waals surface area contributed by atoms with Gasteiger partial charge in [-0.1, -0.05) is 68.4 Å². The lowest BCUT2D eigenvalue weighted by Gasteiger charge is -2.60. The molecule has 3 fully saturated rings. The highest BCUT2D eigenvalue weighted by Gasteiger charge is 2.72. The quantitative estimate of drug-likeness (QED) is 0.245. The minimum atomic E-state index is -1.47. The maximum Gasteiger partial charge on any atom is 0.375 e. The normalized spacial score (nSPS) is 35.9. The summed E-state index contributed by atoms with van der Waals surface area (Å²) in [7, 11) is 0. The number of carbonyl (C=O) groups is 3. The molecule has 7 nitrogen and oxygen atoms in total. The topological polar surface area (TPSA) is 107 Å². The van der Waals surface area contributed by atoms with E-state index in [-0.39, 0.29) is 46.8 Å². The van der Waals surface area contributed by atoms with Gasteiger partial charge in [0.25, 0.3) is 0 Å². The number of aliphatic hydroxyl groups is 1. The van der Waals surface area contributed by atoms with Crippen LogP contribution in [0.15, 0.2) is 88.0 Å². The van der Waals surface area contributed by atoms with Gasteiger partial charge in [0, 0.05) is 28.1 Å². The zero-order valence-corrected chi connectivity index (χ0v) is 26.0. The number of aliphatic hydroxyl groups excluding tert-OH is 1. The molecule has 0 saturated heterocycles. The van der Waals surface area contributed by atoms with Crippen molar-refractivity contribution in [2.45, 2.75) is 63.2 Å². The largest absolute Gasteiger partial charge is 0.457 e. The molecular formula is C36H37NO6S. The van der Waals surface area contributed by atoms with Gasteiger partial charge in [-0.3, -0.25) is 9.59 Å². The Bertz CT molecular complexity index is 1710. The zero-order valence-electron chi connectivity index (χ0n) is 25.2. The van der Waals surface area contributed by atoms with Crippen molar-refractivity contribution in [3.63, 3.8) is 0 Å². The van der Waals surface area contributed by atoms with Crippen LogP contribution in [0.5, 0.6) is 0 Å². The van der Waals surface area contributed by atoms with Gasteiger partial charge in [-0.05, 0) is 73.9 Å². The number of thioether (sulfide) groups is 1. The SMILES string of the molecule is C[C@@H]1CC2C3CCC4=CC(=O)C=CC4(C)C3[C@@H](O)CC2(C)[C@@]1(OC(=O)c1ccco1)C(=O)CSc1ccc2ccccc2n1. The third-order valence-corrected chi connectivity index (χ3v) is 12.3. The number of para-hydroxylation sites is 1.